The van der Waals surface area contributed by atoms with E-state index in [9.17, 15) is 0 Å². The predicted molar refractivity (Wildman–Crippen MR) is 30.7 cm³/mol. The second kappa shape index (κ2) is 1.25. The highest BCUT2D eigenvalue weighted by atomic mass is 16.5. The highest BCUT2D eigenvalue weighted by Gasteiger charge is 2.49. The van der Waals surface area contributed by atoms with Crippen molar-refractivity contribution in [1.82, 2.24) is 5.32 Å². The molecule has 0 radical (unpaired) electrons. The first-order valence-corrected chi connectivity index (χ1v) is 3.15. The summed E-state index contributed by atoms with van der Waals surface area (Å²) < 4.78 is 5.11. The average Bonchev–Trinajstić information content (AvgIpc) is 1.58. The van der Waals surface area contributed by atoms with Gasteiger partial charge in [-0.05, 0) is 6.92 Å². The van der Waals surface area contributed by atoms with E-state index >= 15 is 0 Å². The van der Waals surface area contributed by atoms with Crippen molar-refractivity contribution in [2.45, 2.75) is 13.0 Å². The van der Waals surface area contributed by atoms with Crippen molar-refractivity contribution < 1.29 is 4.74 Å². The molecule has 0 aromatic heterocycles. The predicted octanol–water partition coefficient (Wildman–Crippen LogP) is -0.00530. The van der Waals surface area contributed by atoms with Gasteiger partial charge in [0, 0.05) is 18.0 Å². The Labute approximate surface area is 49.2 Å². The van der Waals surface area contributed by atoms with Crippen LogP contribution < -0.4 is 5.32 Å². The Balaban J connectivity index is 2.03. The monoisotopic (exact) mass is 113 g/mol. The van der Waals surface area contributed by atoms with Crippen LogP contribution in [-0.4, -0.2) is 25.8 Å². The Bertz CT molecular complexity index is 104. The standard InChI is InChI=1S/C6H11NO/c1-5-6(2-7-5)3-8-4-6/h5,7H,2-4H2,1H3. The lowest BCUT2D eigenvalue weighted by molar-refractivity contribution is -0.164. The molecular weight excluding hydrogens is 102 g/mol. The highest BCUT2D eigenvalue weighted by molar-refractivity contribution is 5.03. The number of hydrogen-bond acceptors (Lipinski definition) is 2. The number of nitrogens with one attached hydrogen (secondary N) is 1. The van der Waals surface area contributed by atoms with Gasteiger partial charge in [-0.2, -0.15) is 0 Å². The molecule has 8 heavy (non-hydrogen) atoms. The van der Waals surface area contributed by atoms with Crippen LogP contribution in [0.2, 0.25) is 0 Å². The minimum atomic E-state index is 0.569. The fraction of sp³-hybridized carbons (Fsp3) is 1.00. The highest BCUT2D eigenvalue weighted by Crippen LogP contribution is 2.36. The zero-order chi connectivity index (χ0) is 5.61. The maximum atomic E-state index is 5.11. The van der Waals surface area contributed by atoms with Crippen molar-refractivity contribution in [3.63, 3.8) is 0 Å². The Morgan fingerprint density at radius 1 is 1.62 bits per heavy atom. The summed E-state index contributed by atoms with van der Waals surface area (Å²) in [4.78, 5) is 0. The molecule has 2 rings (SSSR count). The molecule has 2 nitrogen and oxygen atoms in total. The average molecular weight is 113 g/mol. The molecule has 0 saturated carbocycles. The van der Waals surface area contributed by atoms with Gasteiger partial charge in [0.15, 0.2) is 0 Å². The van der Waals surface area contributed by atoms with Crippen LogP contribution in [0, 0.1) is 5.41 Å². The quantitative estimate of drug-likeness (QED) is 0.477. The summed E-state index contributed by atoms with van der Waals surface area (Å²) in [6, 6.07) is 0.705. The normalized spacial score (nSPS) is 40.9. The van der Waals surface area contributed by atoms with Gasteiger partial charge >= 0.3 is 0 Å². The minimum absolute atomic E-state index is 0.569. The molecule has 2 heteroatoms. The van der Waals surface area contributed by atoms with Crippen LogP contribution in [0.25, 0.3) is 0 Å². The molecule has 46 valence electrons. The van der Waals surface area contributed by atoms with E-state index in [0.717, 1.165) is 13.2 Å². The maximum absolute atomic E-state index is 5.11. The van der Waals surface area contributed by atoms with Gasteiger partial charge in [0.1, 0.15) is 0 Å². The molecule has 2 heterocycles. The molecule has 2 saturated heterocycles. The van der Waals surface area contributed by atoms with Gasteiger partial charge in [0.05, 0.1) is 13.2 Å². The van der Waals surface area contributed by atoms with Gasteiger partial charge in [-0.15, -0.1) is 0 Å². The van der Waals surface area contributed by atoms with E-state index < -0.39 is 0 Å². The molecule has 0 amide bonds. The van der Waals surface area contributed by atoms with Gasteiger partial charge in [0.25, 0.3) is 0 Å². The van der Waals surface area contributed by atoms with Crippen molar-refractivity contribution in [2.75, 3.05) is 19.8 Å². The number of ether oxygens (including phenoxy) is 1. The zero-order valence-corrected chi connectivity index (χ0v) is 5.11. The van der Waals surface area contributed by atoms with E-state index in [1.54, 1.807) is 0 Å². The number of hydrogen-bond donors (Lipinski definition) is 1. The first kappa shape index (κ1) is 4.77. The molecule has 2 aliphatic heterocycles. The van der Waals surface area contributed by atoms with Crippen LogP contribution in [0.1, 0.15) is 6.92 Å². The van der Waals surface area contributed by atoms with Crippen LogP contribution in [0.3, 0.4) is 0 Å². The summed E-state index contributed by atoms with van der Waals surface area (Å²) in [5.74, 6) is 0. The third-order valence-corrected chi connectivity index (χ3v) is 2.46. The molecule has 0 aromatic carbocycles. The molecule has 0 aromatic rings. The largest absolute Gasteiger partial charge is 0.380 e. The first-order valence-electron chi connectivity index (χ1n) is 3.15. The lowest BCUT2D eigenvalue weighted by Gasteiger charge is -2.54. The van der Waals surface area contributed by atoms with Gasteiger partial charge < -0.3 is 10.1 Å². The summed E-state index contributed by atoms with van der Waals surface area (Å²) in [7, 11) is 0. The first-order chi connectivity index (χ1) is 3.83. The third kappa shape index (κ3) is 0.361. The van der Waals surface area contributed by atoms with Gasteiger partial charge in [-0.3, -0.25) is 0 Å². The Hall–Kier alpha value is -0.0800. The molecule has 1 spiro atoms. The van der Waals surface area contributed by atoms with Crippen molar-refractivity contribution in [3.8, 4) is 0 Å². The topological polar surface area (TPSA) is 21.3 Å². The second-order valence-electron chi connectivity index (χ2n) is 2.96. The van der Waals surface area contributed by atoms with E-state index in [0.29, 0.717) is 11.5 Å². The lowest BCUT2D eigenvalue weighted by atomic mass is 9.73. The van der Waals surface area contributed by atoms with E-state index in [-0.39, 0.29) is 0 Å². The maximum Gasteiger partial charge on any atom is 0.0572 e. The van der Waals surface area contributed by atoms with E-state index in [1.165, 1.54) is 6.54 Å². The Morgan fingerprint density at radius 2 is 2.38 bits per heavy atom. The summed E-state index contributed by atoms with van der Waals surface area (Å²) >= 11 is 0. The van der Waals surface area contributed by atoms with Gasteiger partial charge in [0.2, 0.25) is 0 Å². The SMILES string of the molecule is CC1NCC12COC2. The van der Waals surface area contributed by atoms with Gasteiger partial charge in [-0.1, -0.05) is 0 Å². The second-order valence-corrected chi connectivity index (χ2v) is 2.96. The summed E-state index contributed by atoms with van der Waals surface area (Å²) in [5, 5.41) is 3.32. The van der Waals surface area contributed by atoms with Crippen molar-refractivity contribution in [2.24, 2.45) is 5.41 Å². The summed E-state index contributed by atoms with van der Waals surface area (Å²) in [6.45, 7) is 5.38. The molecule has 1 unspecified atom stereocenters. The number of rotatable bonds is 0. The van der Waals surface area contributed by atoms with Crippen LogP contribution >= 0.6 is 0 Å². The summed E-state index contributed by atoms with van der Waals surface area (Å²) in [6.07, 6.45) is 0. The third-order valence-electron chi connectivity index (χ3n) is 2.46. The fourth-order valence-corrected chi connectivity index (χ4v) is 1.31. The van der Waals surface area contributed by atoms with Crippen molar-refractivity contribution in [3.05, 3.63) is 0 Å². The summed E-state index contributed by atoms with van der Waals surface area (Å²) in [5.41, 5.74) is 0.569. The fourth-order valence-electron chi connectivity index (χ4n) is 1.31. The van der Waals surface area contributed by atoms with Crippen molar-refractivity contribution in [1.29, 1.82) is 0 Å². The van der Waals surface area contributed by atoms with E-state index in [1.807, 2.05) is 0 Å². The molecule has 0 aliphatic carbocycles. The molecule has 0 bridgehead atoms. The van der Waals surface area contributed by atoms with Crippen LogP contribution in [0.15, 0.2) is 0 Å². The van der Waals surface area contributed by atoms with E-state index in [2.05, 4.69) is 12.2 Å². The molecule has 2 aliphatic rings. The molecule has 2 fully saturated rings. The van der Waals surface area contributed by atoms with Crippen LogP contribution in [0.4, 0.5) is 0 Å². The smallest absolute Gasteiger partial charge is 0.0572 e. The molecular formula is C6H11NO. The van der Waals surface area contributed by atoms with Crippen molar-refractivity contribution >= 4 is 0 Å². The Morgan fingerprint density at radius 3 is 2.38 bits per heavy atom. The van der Waals surface area contributed by atoms with Crippen LogP contribution in [0.5, 0.6) is 0 Å². The lowest BCUT2D eigenvalue weighted by Crippen LogP contribution is -2.70. The minimum Gasteiger partial charge on any atom is -0.380 e. The Kier molecular flexibility index (Phi) is 0.746. The van der Waals surface area contributed by atoms with Gasteiger partial charge in [-0.25, -0.2) is 0 Å². The van der Waals surface area contributed by atoms with Crippen LogP contribution in [-0.2, 0) is 4.74 Å². The molecule has 1 N–H and O–H groups in total. The molecule has 1 atom stereocenters. The zero-order valence-electron chi connectivity index (χ0n) is 5.11. The van der Waals surface area contributed by atoms with E-state index in [4.69, 9.17) is 4.74 Å².